The molecule has 1 aliphatic rings. The average molecular weight is 422 g/mol. The van der Waals surface area contributed by atoms with E-state index in [1.54, 1.807) is 17.9 Å². The quantitative estimate of drug-likeness (QED) is 0.609. The first-order valence-electron chi connectivity index (χ1n) is 9.09. The van der Waals surface area contributed by atoms with Crippen molar-refractivity contribution in [2.75, 3.05) is 44.3 Å². The Bertz CT molecular complexity index is 970. The molecule has 10 heteroatoms. The van der Waals surface area contributed by atoms with Crippen molar-refractivity contribution in [2.24, 2.45) is 0 Å². The van der Waals surface area contributed by atoms with Crippen molar-refractivity contribution < 1.29 is 13.9 Å². The summed E-state index contributed by atoms with van der Waals surface area (Å²) in [6.45, 7) is 6.41. The van der Waals surface area contributed by atoms with E-state index in [9.17, 15) is 9.18 Å². The third-order valence-electron chi connectivity index (χ3n) is 4.64. The number of halogens is 1. The van der Waals surface area contributed by atoms with E-state index < -0.39 is 0 Å². The van der Waals surface area contributed by atoms with Gasteiger partial charge in [0.1, 0.15) is 16.2 Å². The Balaban J connectivity index is 1.57. The van der Waals surface area contributed by atoms with Crippen LogP contribution in [0.25, 0.3) is 10.2 Å². The molecule has 2 aromatic heterocycles. The lowest BCUT2D eigenvalue weighted by atomic mass is 10.3. The summed E-state index contributed by atoms with van der Waals surface area (Å²) in [6, 6.07) is 4.85. The van der Waals surface area contributed by atoms with Crippen LogP contribution >= 0.6 is 22.9 Å². The number of rotatable bonds is 6. The number of ether oxygens (including phenoxy) is 1. The fraction of sp³-hybridized carbons (Fsp3) is 0.444. The molecule has 0 N–H and O–H groups in total. The third kappa shape index (κ3) is 4.04. The van der Waals surface area contributed by atoms with Crippen LogP contribution in [0.5, 0.6) is 0 Å². The molecule has 1 aliphatic heterocycles. The number of benzene rings is 1. The standard InChI is InChI=1S/C18H20FN5O2S2/c1-12-16(28-22-21-12)17(25)24(7-3-6-23-8-10-26-11-9-23)18-20-15-13(19)4-2-5-14(15)27-18/h2,4-5H,3,6-11H2,1H3. The first kappa shape index (κ1) is 19.3. The van der Waals surface area contributed by atoms with Crippen LogP contribution in [-0.2, 0) is 4.74 Å². The number of carbonyl (C=O) groups excluding carboxylic acids is 1. The second-order valence-electron chi connectivity index (χ2n) is 6.53. The van der Waals surface area contributed by atoms with Gasteiger partial charge in [-0.3, -0.25) is 14.6 Å². The van der Waals surface area contributed by atoms with Crippen molar-refractivity contribution in [1.29, 1.82) is 0 Å². The van der Waals surface area contributed by atoms with Gasteiger partial charge in [-0.1, -0.05) is 21.9 Å². The Morgan fingerprint density at radius 2 is 2.18 bits per heavy atom. The van der Waals surface area contributed by atoms with Crippen molar-refractivity contribution in [3.8, 4) is 0 Å². The van der Waals surface area contributed by atoms with Gasteiger partial charge in [-0.15, -0.1) is 5.10 Å². The minimum absolute atomic E-state index is 0.186. The summed E-state index contributed by atoms with van der Waals surface area (Å²) >= 11 is 2.40. The van der Waals surface area contributed by atoms with Gasteiger partial charge in [0.15, 0.2) is 5.13 Å². The van der Waals surface area contributed by atoms with E-state index in [2.05, 4.69) is 19.5 Å². The van der Waals surface area contributed by atoms with Crippen LogP contribution in [0.3, 0.4) is 0 Å². The maximum absolute atomic E-state index is 14.1. The van der Waals surface area contributed by atoms with Gasteiger partial charge >= 0.3 is 0 Å². The van der Waals surface area contributed by atoms with E-state index in [0.717, 1.165) is 55.5 Å². The van der Waals surface area contributed by atoms with Gasteiger partial charge < -0.3 is 4.74 Å². The van der Waals surface area contributed by atoms with E-state index in [4.69, 9.17) is 4.74 Å². The van der Waals surface area contributed by atoms with Gasteiger partial charge in [0.05, 0.1) is 23.6 Å². The van der Waals surface area contributed by atoms with Crippen LogP contribution in [0, 0.1) is 12.7 Å². The zero-order valence-corrected chi connectivity index (χ0v) is 17.1. The largest absolute Gasteiger partial charge is 0.379 e. The van der Waals surface area contributed by atoms with Gasteiger partial charge in [-0.2, -0.15) is 0 Å². The number of aromatic nitrogens is 3. The molecule has 0 unspecified atom stereocenters. The molecule has 3 heterocycles. The van der Waals surface area contributed by atoms with Gasteiger partial charge in [0, 0.05) is 26.2 Å². The molecule has 1 saturated heterocycles. The van der Waals surface area contributed by atoms with Crippen molar-refractivity contribution in [3.05, 3.63) is 34.6 Å². The van der Waals surface area contributed by atoms with Crippen molar-refractivity contribution in [3.63, 3.8) is 0 Å². The number of anilines is 1. The second kappa shape index (κ2) is 8.56. The van der Waals surface area contributed by atoms with E-state index in [-0.39, 0.29) is 11.7 Å². The van der Waals surface area contributed by atoms with Gasteiger partial charge in [-0.05, 0) is 37.0 Å². The molecule has 0 atom stereocenters. The maximum Gasteiger partial charge on any atom is 0.273 e. The first-order valence-corrected chi connectivity index (χ1v) is 10.7. The summed E-state index contributed by atoms with van der Waals surface area (Å²) in [4.78, 5) is 22.0. The molecular weight excluding hydrogens is 401 g/mol. The lowest BCUT2D eigenvalue weighted by Gasteiger charge is -2.27. The number of carbonyl (C=O) groups is 1. The summed E-state index contributed by atoms with van der Waals surface area (Å²) in [5, 5.41) is 4.45. The summed E-state index contributed by atoms with van der Waals surface area (Å²) in [5.41, 5.74) is 0.896. The highest BCUT2D eigenvalue weighted by atomic mass is 32.1. The van der Waals surface area contributed by atoms with Crippen molar-refractivity contribution >= 4 is 44.1 Å². The summed E-state index contributed by atoms with van der Waals surface area (Å²) in [5.74, 6) is -0.565. The summed E-state index contributed by atoms with van der Waals surface area (Å²) in [7, 11) is 0. The smallest absolute Gasteiger partial charge is 0.273 e. The van der Waals surface area contributed by atoms with E-state index in [1.807, 2.05) is 6.07 Å². The van der Waals surface area contributed by atoms with Gasteiger partial charge in [-0.25, -0.2) is 9.37 Å². The van der Waals surface area contributed by atoms with E-state index in [0.29, 0.717) is 27.8 Å². The third-order valence-corrected chi connectivity index (χ3v) is 6.50. The SMILES string of the molecule is Cc1nnsc1C(=O)N(CCCN1CCOCC1)c1nc2c(F)cccc2s1. The number of hydrogen-bond acceptors (Lipinski definition) is 8. The summed E-state index contributed by atoms with van der Waals surface area (Å²) < 4.78 is 24.1. The number of aryl methyl sites for hydroxylation is 1. The number of fused-ring (bicyclic) bond motifs is 1. The van der Waals surface area contributed by atoms with Crippen molar-refractivity contribution in [2.45, 2.75) is 13.3 Å². The maximum atomic E-state index is 14.1. The number of para-hydroxylation sites is 1. The Labute approximate surface area is 169 Å². The number of nitrogens with zero attached hydrogens (tertiary/aromatic N) is 5. The molecule has 4 rings (SSSR count). The number of hydrogen-bond donors (Lipinski definition) is 0. The molecule has 1 amide bonds. The fourth-order valence-electron chi connectivity index (χ4n) is 3.13. The normalized spacial score (nSPS) is 15.2. The molecule has 0 saturated carbocycles. The van der Waals surface area contributed by atoms with Crippen molar-refractivity contribution in [1.82, 2.24) is 19.5 Å². The predicted molar refractivity (Wildman–Crippen MR) is 108 cm³/mol. The molecule has 28 heavy (non-hydrogen) atoms. The highest BCUT2D eigenvalue weighted by Gasteiger charge is 2.25. The molecular formula is C18H20FN5O2S2. The number of amides is 1. The number of morpholine rings is 1. The molecule has 0 aliphatic carbocycles. The Hall–Kier alpha value is -2.01. The monoisotopic (exact) mass is 421 g/mol. The lowest BCUT2D eigenvalue weighted by molar-refractivity contribution is 0.0376. The minimum Gasteiger partial charge on any atom is -0.379 e. The molecule has 148 valence electrons. The lowest BCUT2D eigenvalue weighted by Crippen LogP contribution is -2.39. The molecule has 0 bridgehead atoms. The zero-order valence-electron chi connectivity index (χ0n) is 15.4. The van der Waals surface area contributed by atoms with Crippen LogP contribution in [0.1, 0.15) is 21.8 Å². The predicted octanol–water partition coefficient (Wildman–Crippen LogP) is 2.96. The molecule has 0 spiro atoms. The van der Waals surface area contributed by atoms with Crippen LogP contribution in [-0.4, -0.2) is 64.8 Å². The highest BCUT2D eigenvalue weighted by molar-refractivity contribution is 7.22. The van der Waals surface area contributed by atoms with E-state index in [1.165, 1.54) is 17.4 Å². The Kier molecular flexibility index (Phi) is 5.90. The average Bonchev–Trinajstić information content (AvgIpc) is 3.32. The Morgan fingerprint density at radius 1 is 1.36 bits per heavy atom. The fourth-order valence-corrected chi connectivity index (χ4v) is 4.74. The second-order valence-corrected chi connectivity index (χ2v) is 8.30. The number of thiazole rings is 1. The van der Waals surface area contributed by atoms with Crippen LogP contribution in [0.15, 0.2) is 18.2 Å². The molecule has 7 nitrogen and oxygen atoms in total. The molecule has 1 aromatic carbocycles. The molecule has 0 radical (unpaired) electrons. The Morgan fingerprint density at radius 3 is 2.89 bits per heavy atom. The molecule has 3 aromatic rings. The molecule has 1 fully saturated rings. The van der Waals surface area contributed by atoms with E-state index >= 15 is 0 Å². The highest BCUT2D eigenvalue weighted by Crippen LogP contribution is 2.31. The van der Waals surface area contributed by atoms with Gasteiger partial charge in [0.2, 0.25) is 0 Å². The first-order chi connectivity index (χ1) is 13.6. The van der Waals surface area contributed by atoms with Gasteiger partial charge in [0.25, 0.3) is 5.91 Å². The van der Waals surface area contributed by atoms with Crippen LogP contribution < -0.4 is 4.90 Å². The van der Waals surface area contributed by atoms with Crippen LogP contribution in [0.2, 0.25) is 0 Å². The summed E-state index contributed by atoms with van der Waals surface area (Å²) in [6.07, 6.45) is 0.787. The minimum atomic E-state index is -0.378. The van der Waals surface area contributed by atoms with Crippen LogP contribution in [0.4, 0.5) is 9.52 Å². The topological polar surface area (TPSA) is 71.5 Å². The zero-order chi connectivity index (χ0) is 19.5.